The molecule has 1 fully saturated rings. The summed E-state index contributed by atoms with van der Waals surface area (Å²) in [5.41, 5.74) is -0.242. The summed E-state index contributed by atoms with van der Waals surface area (Å²) < 4.78 is 5.35. The maximum Gasteiger partial charge on any atom is 0.309 e. The fraction of sp³-hybridized carbons (Fsp3) is 0.882. The van der Waals surface area contributed by atoms with Crippen LogP contribution >= 0.6 is 0 Å². The first-order valence-corrected chi connectivity index (χ1v) is 8.26. The molecule has 1 amide bonds. The highest BCUT2D eigenvalue weighted by Gasteiger charge is 2.50. The van der Waals surface area contributed by atoms with E-state index < -0.39 is 0 Å². The van der Waals surface area contributed by atoms with E-state index in [9.17, 15) is 9.59 Å². The monoisotopic (exact) mass is 297 g/mol. The third kappa shape index (κ3) is 3.41. The molecule has 4 nitrogen and oxygen atoms in total. The minimum absolute atomic E-state index is 0.0536. The third-order valence-electron chi connectivity index (χ3n) is 5.59. The minimum Gasteiger partial charge on any atom is -0.465 e. The molecule has 0 bridgehead atoms. The molecule has 4 unspecified atom stereocenters. The van der Waals surface area contributed by atoms with Crippen molar-refractivity contribution in [3.63, 3.8) is 0 Å². The molecule has 0 radical (unpaired) electrons. The van der Waals surface area contributed by atoms with Crippen LogP contribution in [0.15, 0.2) is 0 Å². The first kappa shape index (κ1) is 18.0. The molecule has 4 heteroatoms. The highest BCUT2D eigenvalue weighted by Crippen LogP contribution is 2.46. The molecule has 0 N–H and O–H groups in total. The minimum atomic E-state index is -0.242. The lowest BCUT2D eigenvalue weighted by molar-refractivity contribution is -0.163. The molecule has 0 aromatic heterocycles. The van der Waals surface area contributed by atoms with Crippen LogP contribution in [0.5, 0.6) is 0 Å². The number of carbonyl (C=O) groups is 2. The zero-order valence-corrected chi connectivity index (χ0v) is 14.4. The first-order chi connectivity index (χ1) is 9.80. The van der Waals surface area contributed by atoms with E-state index in [1.54, 1.807) is 0 Å². The van der Waals surface area contributed by atoms with E-state index in [-0.39, 0.29) is 29.3 Å². The van der Waals surface area contributed by atoms with Crippen LogP contribution in [0.1, 0.15) is 60.8 Å². The summed E-state index contributed by atoms with van der Waals surface area (Å²) in [6, 6.07) is 0.0536. The Labute approximate surface area is 129 Å². The number of ether oxygens (including phenoxy) is 1. The van der Waals surface area contributed by atoms with Gasteiger partial charge in [0.2, 0.25) is 5.91 Å². The topological polar surface area (TPSA) is 46.6 Å². The van der Waals surface area contributed by atoms with Crippen molar-refractivity contribution >= 4 is 11.9 Å². The van der Waals surface area contributed by atoms with Gasteiger partial charge in [-0.3, -0.25) is 9.59 Å². The Morgan fingerprint density at radius 3 is 2.48 bits per heavy atom. The molecule has 1 heterocycles. The van der Waals surface area contributed by atoms with Crippen molar-refractivity contribution in [1.29, 1.82) is 0 Å². The zero-order valence-electron chi connectivity index (χ0n) is 14.4. The molecule has 0 aromatic carbocycles. The van der Waals surface area contributed by atoms with Gasteiger partial charge in [0.1, 0.15) is 0 Å². The van der Waals surface area contributed by atoms with Gasteiger partial charge >= 0.3 is 5.97 Å². The second-order valence-electron chi connectivity index (χ2n) is 6.56. The molecule has 1 aliphatic heterocycles. The molecule has 1 rings (SSSR count). The number of piperidine rings is 1. The predicted octanol–water partition coefficient (Wildman–Crippen LogP) is 3.25. The largest absolute Gasteiger partial charge is 0.465 e. The number of amides is 1. The van der Waals surface area contributed by atoms with Crippen LogP contribution in [0, 0.1) is 17.3 Å². The summed E-state index contributed by atoms with van der Waals surface area (Å²) >= 11 is 0. The van der Waals surface area contributed by atoms with E-state index in [1.165, 1.54) is 0 Å². The highest BCUT2D eigenvalue weighted by atomic mass is 16.5. The number of hydrogen-bond donors (Lipinski definition) is 0. The molecule has 122 valence electrons. The Kier molecular flexibility index (Phi) is 6.24. The average molecular weight is 297 g/mol. The second kappa shape index (κ2) is 7.28. The van der Waals surface area contributed by atoms with Crippen LogP contribution in [-0.2, 0) is 14.3 Å². The lowest BCUT2D eigenvalue weighted by Crippen LogP contribution is -2.59. The lowest BCUT2D eigenvalue weighted by atomic mass is 9.61. The molecule has 4 atom stereocenters. The van der Waals surface area contributed by atoms with Gasteiger partial charge in [0.25, 0.3) is 0 Å². The summed E-state index contributed by atoms with van der Waals surface area (Å²) in [6.07, 6.45) is 2.29. The molecule has 21 heavy (non-hydrogen) atoms. The second-order valence-corrected chi connectivity index (χ2v) is 6.56. The van der Waals surface area contributed by atoms with E-state index in [0.717, 1.165) is 19.4 Å². The van der Waals surface area contributed by atoms with Crippen molar-refractivity contribution in [2.45, 2.75) is 66.8 Å². The maximum absolute atomic E-state index is 12.3. The smallest absolute Gasteiger partial charge is 0.309 e. The quantitative estimate of drug-likeness (QED) is 0.732. The van der Waals surface area contributed by atoms with Gasteiger partial charge in [-0.25, -0.2) is 0 Å². The van der Waals surface area contributed by atoms with E-state index in [2.05, 4.69) is 20.8 Å². The molecule has 0 saturated carbocycles. The van der Waals surface area contributed by atoms with Gasteiger partial charge in [0, 0.05) is 24.4 Å². The average Bonchev–Trinajstić information content (AvgIpc) is 2.48. The Balaban J connectivity index is 2.97. The highest BCUT2D eigenvalue weighted by molar-refractivity contribution is 5.77. The SMILES string of the molecule is CCCOC(=O)C(C)C1(C)C(C)CCN(C(=O)CC)C1C. The van der Waals surface area contributed by atoms with E-state index in [4.69, 9.17) is 4.74 Å². The summed E-state index contributed by atoms with van der Waals surface area (Å²) in [5.74, 6) is 0.220. The summed E-state index contributed by atoms with van der Waals surface area (Å²) in [4.78, 5) is 26.4. The van der Waals surface area contributed by atoms with Gasteiger partial charge in [0.15, 0.2) is 0 Å². The normalized spacial score (nSPS) is 30.9. The van der Waals surface area contributed by atoms with E-state index in [1.807, 2.05) is 25.7 Å². The van der Waals surface area contributed by atoms with Crippen LogP contribution in [-0.4, -0.2) is 36.0 Å². The van der Waals surface area contributed by atoms with Crippen LogP contribution in [0.25, 0.3) is 0 Å². The lowest BCUT2D eigenvalue weighted by Gasteiger charge is -2.53. The molecule has 0 spiro atoms. The Morgan fingerprint density at radius 2 is 1.95 bits per heavy atom. The molecular weight excluding hydrogens is 266 g/mol. The van der Waals surface area contributed by atoms with Crippen molar-refractivity contribution in [3.8, 4) is 0 Å². The molecule has 0 aromatic rings. The summed E-state index contributed by atoms with van der Waals surface area (Å²) in [6.45, 7) is 13.5. The number of hydrogen-bond acceptors (Lipinski definition) is 3. The number of esters is 1. The maximum atomic E-state index is 12.3. The first-order valence-electron chi connectivity index (χ1n) is 8.26. The predicted molar refractivity (Wildman–Crippen MR) is 83.8 cm³/mol. The Bertz CT molecular complexity index is 382. The van der Waals surface area contributed by atoms with Crippen LogP contribution in [0.2, 0.25) is 0 Å². The fourth-order valence-corrected chi connectivity index (χ4v) is 3.50. The molecule has 1 aliphatic rings. The molecule has 1 saturated heterocycles. The third-order valence-corrected chi connectivity index (χ3v) is 5.59. The number of rotatable bonds is 5. The summed E-state index contributed by atoms with van der Waals surface area (Å²) in [7, 11) is 0. The summed E-state index contributed by atoms with van der Waals surface area (Å²) in [5, 5.41) is 0. The van der Waals surface area contributed by atoms with Crippen molar-refractivity contribution in [2.75, 3.05) is 13.2 Å². The van der Waals surface area contributed by atoms with Crippen LogP contribution < -0.4 is 0 Å². The van der Waals surface area contributed by atoms with Gasteiger partial charge in [-0.2, -0.15) is 0 Å². The number of nitrogens with zero attached hydrogens (tertiary/aromatic N) is 1. The van der Waals surface area contributed by atoms with Crippen molar-refractivity contribution in [2.24, 2.45) is 17.3 Å². The van der Waals surface area contributed by atoms with E-state index in [0.29, 0.717) is 18.9 Å². The molecular formula is C17H31NO3. The molecule has 0 aliphatic carbocycles. The Hall–Kier alpha value is -1.06. The van der Waals surface area contributed by atoms with Crippen molar-refractivity contribution < 1.29 is 14.3 Å². The van der Waals surface area contributed by atoms with Crippen molar-refractivity contribution in [3.05, 3.63) is 0 Å². The van der Waals surface area contributed by atoms with Crippen LogP contribution in [0.4, 0.5) is 0 Å². The van der Waals surface area contributed by atoms with E-state index >= 15 is 0 Å². The van der Waals surface area contributed by atoms with Crippen molar-refractivity contribution in [1.82, 2.24) is 4.90 Å². The van der Waals surface area contributed by atoms with Gasteiger partial charge in [-0.15, -0.1) is 0 Å². The van der Waals surface area contributed by atoms with Gasteiger partial charge in [-0.05, 0) is 25.7 Å². The zero-order chi connectivity index (χ0) is 16.2. The van der Waals surface area contributed by atoms with Gasteiger partial charge in [-0.1, -0.05) is 34.6 Å². The Morgan fingerprint density at radius 1 is 1.33 bits per heavy atom. The van der Waals surface area contributed by atoms with Gasteiger partial charge < -0.3 is 9.64 Å². The fourth-order valence-electron chi connectivity index (χ4n) is 3.50. The van der Waals surface area contributed by atoms with Crippen LogP contribution in [0.3, 0.4) is 0 Å². The van der Waals surface area contributed by atoms with Gasteiger partial charge in [0.05, 0.1) is 12.5 Å². The number of likely N-dealkylation sites (tertiary alicyclic amines) is 1. The number of carbonyl (C=O) groups excluding carboxylic acids is 2. The standard InChI is InChI=1S/C17H31NO3/c1-7-11-21-16(20)13(4)17(6)12(3)9-10-18(14(17)5)15(19)8-2/h12-14H,7-11H2,1-6H3.